The van der Waals surface area contributed by atoms with Gasteiger partial charge in [-0.3, -0.25) is 14.4 Å². The van der Waals surface area contributed by atoms with Gasteiger partial charge in [0.15, 0.2) is 10.5 Å². The zero-order valence-corrected chi connectivity index (χ0v) is 29.9. The second kappa shape index (κ2) is 13.4. The van der Waals surface area contributed by atoms with E-state index in [4.69, 9.17) is 50.0 Å². The highest BCUT2D eigenvalue weighted by Crippen LogP contribution is 2.63. The molecule has 51 heavy (non-hydrogen) atoms. The van der Waals surface area contributed by atoms with Crippen molar-refractivity contribution in [2.75, 3.05) is 14.2 Å². The Kier molecular flexibility index (Phi) is 9.01. The minimum Gasteiger partial charge on any atom is -0.497 e. The summed E-state index contributed by atoms with van der Waals surface area (Å²) < 4.78 is 12.2. The van der Waals surface area contributed by atoms with Crippen LogP contribution in [0.1, 0.15) is 51.5 Å². The number of nitrogens with one attached hydrogen (secondary N) is 2. The van der Waals surface area contributed by atoms with E-state index in [0.717, 1.165) is 5.56 Å². The van der Waals surface area contributed by atoms with Crippen LogP contribution in [0.4, 0.5) is 0 Å². The minimum absolute atomic E-state index is 0.110. The van der Waals surface area contributed by atoms with Crippen LogP contribution >= 0.6 is 35.4 Å². The topological polar surface area (TPSA) is 112 Å². The standard InChI is InChI=1S/C39H30Cl2N4O5S/c1-21(46)45-35(25-10-18-29(50-3)19-11-25)31-33(24-8-14-27(41)15-9-24)39(36(47)42-38(51)43-37(39)48)32(23-6-12-26(40)13-7-23)30(34(31)44-45)20-22-4-16-28(49-2)17-5-22/h4-20,32-33H,1-3H3,(H2,42,43,47,48,51)/b30-20-. The van der Waals surface area contributed by atoms with Gasteiger partial charge in [0.25, 0.3) is 0 Å². The van der Waals surface area contributed by atoms with Crippen LogP contribution in [-0.4, -0.2) is 46.8 Å². The van der Waals surface area contributed by atoms with E-state index in [-0.39, 0.29) is 11.0 Å². The molecule has 2 heterocycles. The Labute approximate surface area is 309 Å². The fraction of sp³-hybridized carbons (Fsp3) is 0.154. The largest absolute Gasteiger partial charge is 0.497 e. The lowest BCUT2D eigenvalue weighted by Crippen LogP contribution is -2.67. The predicted octanol–water partition coefficient (Wildman–Crippen LogP) is 7.52. The van der Waals surface area contributed by atoms with Crippen molar-refractivity contribution in [1.29, 1.82) is 0 Å². The van der Waals surface area contributed by atoms with Crippen molar-refractivity contribution in [2.45, 2.75) is 18.8 Å². The highest BCUT2D eigenvalue weighted by atomic mass is 35.5. The summed E-state index contributed by atoms with van der Waals surface area (Å²) >= 11 is 18.2. The molecule has 2 atom stereocenters. The van der Waals surface area contributed by atoms with Gasteiger partial charge in [-0.2, -0.15) is 9.78 Å². The van der Waals surface area contributed by atoms with E-state index in [1.54, 1.807) is 74.9 Å². The van der Waals surface area contributed by atoms with Gasteiger partial charge in [0.2, 0.25) is 17.7 Å². The number of rotatable bonds is 6. The second-order valence-corrected chi connectivity index (χ2v) is 13.5. The van der Waals surface area contributed by atoms with E-state index < -0.39 is 29.1 Å². The molecule has 2 amide bonds. The number of ether oxygens (including phenoxy) is 2. The molecule has 0 bridgehead atoms. The number of thiocarbonyl (C=S) groups is 1. The van der Waals surface area contributed by atoms with Gasteiger partial charge in [0.05, 0.1) is 25.6 Å². The molecule has 1 aliphatic carbocycles. The number of nitrogens with zero attached hydrogens (tertiary/aromatic N) is 2. The molecule has 1 aliphatic heterocycles. The first-order valence-corrected chi connectivity index (χ1v) is 17.0. The molecule has 0 saturated carbocycles. The van der Waals surface area contributed by atoms with Gasteiger partial charge in [0, 0.05) is 39.9 Å². The molecule has 2 N–H and O–H groups in total. The van der Waals surface area contributed by atoms with Crippen molar-refractivity contribution in [3.8, 4) is 22.8 Å². The number of hydrogen-bond donors (Lipinski definition) is 2. The molecule has 1 aromatic heterocycles. The number of carbonyl (C=O) groups excluding carboxylic acids is 3. The quantitative estimate of drug-likeness (QED) is 0.137. The first-order valence-electron chi connectivity index (χ1n) is 15.9. The van der Waals surface area contributed by atoms with Crippen molar-refractivity contribution in [2.24, 2.45) is 5.41 Å². The number of allylic oxidation sites excluding steroid dienone is 1. The van der Waals surface area contributed by atoms with Gasteiger partial charge in [-0.15, -0.1) is 0 Å². The summed E-state index contributed by atoms with van der Waals surface area (Å²) in [6, 6.07) is 28.5. The Hall–Kier alpha value is -5.29. The molecule has 9 nitrogen and oxygen atoms in total. The summed E-state index contributed by atoms with van der Waals surface area (Å²) in [6.45, 7) is 1.42. The van der Waals surface area contributed by atoms with Gasteiger partial charge >= 0.3 is 0 Å². The smallest absolute Gasteiger partial charge is 0.244 e. The normalized spacial score (nSPS) is 18.6. The van der Waals surface area contributed by atoms with Crippen molar-refractivity contribution in [1.82, 2.24) is 20.4 Å². The van der Waals surface area contributed by atoms with Crippen LogP contribution in [0.3, 0.4) is 0 Å². The predicted molar refractivity (Wildman–Crippen MR) is 200 cm³/mol. The van der Waals surface area contributed by atoms with Gasteiger partial charge in [-0.1, -0.05) is 59.6 Å². The third-order valence-corrected chi connectivity index (χ3v) is 10.1. The van der Waals surface area contributed by atoms with E-state index in [2.05, 4.69) is 10.6 Å². The van der Waals surface area contributed by atoms with Gasteiger partial charge in [0.1, 0.15) is 11.5 Å². The number of aromatic nitrogens is 2. The van der Waals surface area contributed by atoms with Crippen molar-refractivity contribution in [3.05, 3.63) is 135 Å². The number of carbonyl (C=O) groups is 3. The maximum atomic E-state index is 15.0. The third kappa shape index (κ3) is 5.79. The van der Waals surface area contributed by atoms with E-state index in [1.165, 1.54) is 11.6 Å². The zero-order chi connectivity index (χ0) is 36.0. The zero-order valence-electron chi connectivity index (χ0n) is 27.6. The average Bonchev–Trinajstić information content (AvgIpc) is 3.53. The van der Waals surface area contributed by atoms with Crippen LogP contribution in [-0.2, 0) is 9.59 Å². The van der Waals surface area contributed by atoms with E-state index in [1.807, 2.05) is 42.5 Å². The van der Waals surface area contributed by atoms with E-state index in [9.17, 15) is 14.4 Å². The highest BCUT2D eigenvalue weighted by Gasteiger charge is 2.65. The first kappa shape index (κ1) is 34.2. The molecule has 256 valence electrons. The molecule has 1 spiro atoms. The molecule has 2 unspecified atom stereocenters. The van der Waals surface area contributed by atoms with E-state index >= 15 is 0 Å². The molecule has 7 rings (SSSR count). The number of amides is 2. The minimum atomic E-state index is -1.92. The molecule has 2 aliphatic rings. The van der Waals surface area contributed by atoms with Crippen LogP contribution in [0.5, 0.6) is 11.5 Å². The average molecular weight is 738 g/mol. The maximum absolute atomic E-state index is 15.0. The van der Waals surface area contributed by atoms with Crippen LogP contribution < -0.4 is 20.1 Å². The number of hydrogen-bond acceptors (Lipinski definition) is 7. The lowest BCUT2D eigenvalue weighted by atomic mass is 9.52. The van der Waals surface area contributed by atoms with Crippen molar-refractivity contribution < 1.29 is 23.9 Å². The molecule has 12 heteroatoms. The molecule has 5 aromatic rings. The maximum Gasteiger partial charge on any atom is 0.244 e. The number of halogens is 2. The Morgan fingerprint density at radius 2 is 1.27 bits per heavy atom. The highest BCUT2D eigenvalue weighted by molar-refractivity contribution is 7.80. The summed E-state index contributed by atoms with van der Waals surface area (Å²) in [4.78, 5) is 43.5. The molecule has 1 fully saturated rings. The monoisotopic (exact) mass is 736 g/mol. The Bertz CT molecular complexity index is 2210. The second-order valence-electron chi connectivity index (χ2n) is 12.2. The van der Waals surface area contributed by atoms with Crippen molar-refractivity contribution >= 4 is 69.9 Å². The van der Waals surface area contributed by atoms with Crippen molar-refractivity contribution in [3.63, 3.8) is 0 Å². The first-order chi connectivity index (χ1) is 24.6. The molecular formula is C39H30Cl2N4O5S. The fourth-order valence-corrected chi connectivity index (χ4v) is 7.67. The van der Waals surface area contributed by atoms with Crippen LogP contribution in [0.15, 0.2) is 97.1 Å². The lowest BCUT2D eigenvalue weighted by molar-refractivity contribution is -0.145. The van der Waals surface area contributed by atoms with Crippen LogP contribution in [0, 0.1) is 5.41 Å². The number of benzene rings is 4. The summed E-state index contributed by atoms with van der Waals surface area (Å²) in [7, 11) is 3.15. The van der Waals surface area contributed by atoms with Crippen LogP contribution in [0.2, 0.25) is 10.0 Å². The fourth-order valence-electron chi connectivity index (χ4n) is 7.23. The Morgan fingerprint density at radius 1 is 0.784 bits per heavy atom. The van der Waals surface area contributed by atoms with Gasteiger partial charge < -0.3 is 20.1 Å². The summed E-state index contributed by atoms with van der Waals surface area (Å²) in [5, 5.41) is 11.4. The lowest BCUT2D eigenvalue weighted by Gasteiger charge is -2.49. The molecular weight excluding hydrogens is 707 g/mol. The molecule has 4 aromatic carbocycles. The summed E-state index contributed by atoms with van der Waals surface area (Å²) in [5.74, 6) is -2.31. The number of methoxy groups -OCH3 is 2. The van der Waals surface area contributed by atoms with E-state index in [0.29, 0.717) is 60.8 Å². The Morgan fingerprint density at radius 3 is 1.76 bits per heavy atom. The van der Waals surface area contributed by atoms with Gasteiger partial charge in [-0.05, 0) is 101 Å². The Balaban J connectivity index is 1.68. The van der Waals surface area contributed by atoms with Crippen LogP contribution in [0.25, 0.3) is 22.9 Å². The molecule has 1 saturated heterocycles. The number of fused-ring (bicyclic) bond motifs is 1. The molecule has 0 radical (unpaired) electrons. The van der Waals surface area contributed by atoms with Gasteiger partial charge in [-0.25, -0.2) is 0 Å². The third-order valence-electron chi connectivity index (χ3n) is 9.42. The summed E-state index contributed by atoms with van der Waals surface area (Å²) in [5.41, 5.74) is 2.54. The SMILES string of the molecule is COc1ccc(/C=C2\c3nn(C(C)=O)c(-c4ccc(OC)cc4)c3C(c3ccc(Cl)cc3)C3(C(=O)NC(=S)NC3=O)C2c2ccc(Cl)cc2)cc1. The summed E-state index contributed by atoms with van der Waals surface area (Å²) in [6.07, 6.45) is 1.89.